The number of rotatable bonds is 4. The van der Waals surface area contributed by atoms with E-state index in [4.69, 9.17) is 11.6 Å². The van der Waals surface area contributed by atoms with E-state index in [0.717, 1.165) is 21.3 Å². The maximum Gasteiger partial charge on any atom is 0.436 e. The van der Waals surface area contributed by atoms with Crippen molar-refractivity contribution in [3.63, 3.8) is 0 Å². The van der Waals surface area contributed by atoms with Crippen LogP contribution < -0.4 is 5.56 Å². The van der Waals surface area contributed by atoms with E-state index in [1.54, 1.807) is 17.2 Å². The largest absolute Gasteiger partial charge is 0.436 e. The molecule has 2 aliphatic rings. The number of hydrogen-bond donors (Lipinski definition) is 2. The summed E-state index contributed by atoms with van der Waals surface area (Å²) in [5, 5.41) is 7.34. The monoisotopic (exact) mass is 609 g/mol. The summed E-state index contributed by atoms with van der Waals surface area (Å²) in [6.07, 6.45) is 0.374. The highest BCUT2D eigenvalue weighted by Gasteiger charge is 2.42. The summed E-state index contributed by atoms with van der Waals surface area (Å²) >= 11 is 6.06. The van der Waals surface area contributed by atoms with Gasteiger partial charge in [0, 0.05) is 34.8 Å². The third-order valence-electron chi connectivity index (χ3n) is 7.88. The van der Waals surface area contributed by atoms with Crippen LogP contribution in [0.15, 0.2) is 65.7 Å². The van der Waals surface area contributed by atoms with Crippen LogP contribution in [0.25, 0.3) is 33.4 Å². The number of amides is 1. The second-order valence-corrected chi connectivity index (χ2v) is 10.9. The predicted molar refractivity (Wildman–Crippen MR) is 149 cm³/mol. The van der Waals surface area contributed by atoms with Crippen molar-refractivity contribution in [2.24, 2.45) is 0 Å². The normalized spacial score (nSPS) is 18.8. The molecule has 5 heterocycles. The van der Waals surface area contributed by atoms with Crippen molar-refractivity contribution < 1.29 is 22.4 Å². The molecule has 2 aliphatic heterocycles. The molecule has 2 atom stereocenters. The Bertz CT molecular complexity index is 2010. The van der Waals surface area contributed by atoms with Gasteiger partial charge < -0.3 is 14.9 Å². The SMILES string of the molecule is O=C1C=C(c2c(-n3cc(C(F)(F)F)nn3)ccc(Cl)c2F)C[C@H]2CC[C@H](c3ncc(-c4ccc5[nH]c(=O)ccc5c4)[nH]3)N12. The standard InChI is InChI=1S/C29H20ClF4N7O2/c30-18-4-7-21(40-13-23(38-39-40)29(32,33)34)26(27(18)31)16-10-17-3-6-22(41(17)25(43)11-16)28-35-12-20(37-28)15-1-5-19-14(9-15)2-8-24(42)36-19/h1-2,4-5,7-9,11-13,17,22H,3,6,10H2,(H,35,37)(H,36,42)/t17-,22-/m1/s1. The average molecular weight is 610 g/mol. The molecule has 1 amide bonds. The lowest BCUT2D eigenvalue weighted by Crippen LogP contribution is -2.39. The molecular weight excluding hydrogens is 590 g/mol. The summed E-state index contributed by atoms with van der Waals surface area (Å²) < 4.78 is 55.8. The van der Waals surface area contributed by atoms with Crippen molar-refractivity contribution >= 4 is 34.0 Å². The van der Waals surface area contributed by atoms with Gasteiger partial charge in [0.2, 0.25) is 11.5 Å². The smallest absolute Gasteiger partial charge is 0.340 e. The Morgan fingerprint density at radius 1 is 1.02 bits per heavy atom. The van der Waals surface area contributed by atoms with E-state index in [9.17, 15) is 22.8 Å². The third-order valence-corrected chi connectivity index (χ3v) is 8.17. The van der Waals surface area contributed by atoms with Crippen LogP contribution >= 0.6 is 11.6 Å². The van der Waals surface area contributed by atoms with Gasteiger partial charge in [-0.2, -0.15) is 13.2 Å². The number of pyridine rings is 1. The summed E-state index contributed by atoms with van der Waals surface area (Å²) in [5.41, 5.74) is 1.08. The quantitative estimate of drug-likeness (QED) is 0.249. The summed E-state index contributed by atoms with van der Waals surface area (Å²) in [4.78, 5) is 37.5. The van der Waals surface area contributed by atoms with E-state index in [0.29, 0.717) is 36.0 Å². The van der Waals surface area contributed by atoms with Gasteiger partial charge in [-0.05, 0) is 60.6 Å². The van der Waals surface area contributed by atoms with E-state index in [2.05, 4.69) is 25.3 Å². The zero-order valence-corrected chi connectivity index (χ0v) is 22.7. The number of imidazole rings is 1. The van der Waals surface area contributed by atoms with Crippen LogP contribution in [-0.4, -0.2) is 46.8 Å². The van der Waals surface area contributed by atoms with Crippen molar-refractivity contribution in [3.05, 3.63) is 99.2 Å². The maximum atomic E-state index is 15.5. The molecule has 1 fully saturated rings. The first-order chi connectivity index (χ1) is 20.6. The lowest BCUT2D eigenvalue weighted by atomic mass is 9.92. The molecule has 0 unspecified atom stereocenters. The summed E-state index contributed by atoms with van der Waals surface area (Å²) in [5.74, 6) is -0.636. The van der Waals surface area contributed by atoms with Gasteiger partial charge in [0.05, 0.1) is 34.8 Å². The Labute approximate surface area is 244 Å². The molecule has 1 saturated heterocycles. The topological polar surface area (TPSA) is 113 Å². The van der Waals surface area contributed by atoms with Crippen molar-refractivity contribution in [2.75, 3.05) is 0 Å². The fraction of sp³-hybridized carbons (Fsp3) is 0.207. The molecule has 0 spiro atoms. The van der Waals surface area contributed by atoms with Gasteiger partial charge in [0.15, 0.2) is 11.5 Å². The van der Waals surface area contributed by atoms with Gasteiger partial charge in [-0.15, -0.1) is 5.10 Å². The van der Waals surface area contributed by atoms with E-state index in [1.165, 1.54) is 24.3 Å². The molecule has 43 heavy (non-hydrogen) atoms. The second-order valence-electron chi connectivity index (χ2n) is 10.5. The number of hydrogen-bond acceptors (Lipinski definition) is 5. The van der Waals surface area contributed by atoms with Crippen LogP contribution in [0.4, 0.5) is 17.6 Å². The van der Waals surface area contributed by atoms with Crippen LogP contribution in [0.5, 0.6) is 0 Å². The Morgan fingerprint density at radius 2 is 1.86 bits per heavy atom. The molecule has 0 radical (unpaired) electrons. The first-order valence-corrected chi connectivity index (χ1v) is 13.6. The van der Waals surface area contributed by atoms with Gasteiger partial charge in [-0.3, -0.25) is 9.59 Å². The number of aromatic amines is 2. The first kappa shape index (κ1) is 27.1. The summed E-state index contributed by atoms with van der Waals surface area (Å²) in [6.45, 7) is 0. The fourth-order valence-corrected chi connectivity index (χ4v) is 6.08. The van der Waals surface area contributed by atoms with E-state index >= 15 is 4.39 Å². The average Bonchev–Trinajstić information content (AvgIpc) is 3.73. The molecule has 0 saturated carbocycles. The lowest BCUT2D eigenvalue weighted by molar-refractivity contribution is -0.141. The molecule has 2 N–H and O–H groups in total. The Kier molecular flexibility index (Phi) is 6.24. The van der Waals surface area contributed by atoms with Crippen molar-refractivity contribution in [2.45, 2.75) is 37.5 Å². The minimum atomic E-state index is -4.73. The number of alkyl halides is 3. The molecule has 7 rings (SSSR count). The maximum absolute atomic E-state index is 15.5. The molecule has 9 nitrogen and oxygen atoms in total. The van der Waals surface area contributed by atoms with Crippen LogP contribution in [-0.2, 0) is 11.0 Å². The van der Waals surface area contributed by atoms with Gasteiger partial charge in [-0.1, -0.05) is 22.9 Å². The molecular formula is C29H20ClF4N7O2. The van der Waals surface area contributed by atoms with Crippen molar-refractivity contribution in [1.82, 2.24) is 34.8 Å². The fourth-order valence-electron chi connectivity index (χ4n) is 5.92. The number of nitrogens with one attached hydrogen (secondary N) is 2. The summed E-state index contributed by atoms with van der Waals surface area (Å²) in [6, 6.07) is 10.7. The molecule has 5 aromatic rings. The van der Waals surface area contributed by atoms with Gasteiger partial charge >= 0.3 is 6.18 Å². The van der Waals surface area contributed by atoms with E-state index in [-0.39, 0.29) is 46.2 Å². The van der Waals surface area contributed by atoms with Crippen molar-refractivity contribution in [3.8, 4) is 16.9 Å². The number of aromatic nitrogens is 6. The highest BCUT2D eigenvalue weighted by atomic mass is 35.5. The first-order valence-electron chi connectivity index (χ1n) is 13.3. The number of benzene rings is 2. The lowest BCUT2D eigenvalue weighted by Gasteiger charge is -2.33. The minimum Gasteiger partial charge on any atom is -0.340 e. The van der Waals surface area contributed by atoms with E-state index < -0.39 is 17.7 Å². The molecule has 14 heteroatoms. The van der Waals surface area contributed by atoms with Crippen LogP contribution in [0, 0.1) is 5.82 Å². The number of nitrogens with zero attached hydrogens (tertiary/aromatic N) is 5. The Hall–Kier alpha value is -4.78. The Balaban J connectivity index is 1.19. The predicted octanol–water partition coefficient (Wildman–Crippen LogP) is 5.83. The van der Waals surface area contributed by atoms with Crippen molar-refractivity contribution in [1.29, 1.82) is 0 Å². The number of carbonyl (C=O) groups excluding carboxylic acids is 1. The molecule has 2 aromatic carbocycles. The summed E-state index contributed by atoms with van der Waals surface area (Å²) in [7, 11) is 0. The number of carbonyl (C=O) groups is 1. The van der Waals surface area contributed by atoms with Crippen LogP contribution in [0.2, 0.25) is 5.02 Å². The Morgan fingerprint density at radius 3 is 2.65 bits per heavy atom. The number of H-pyrrole nitrogens is 2. The molecule has 0 aliphatic carbocycles. The highest BCUT2D eigenvalue weighted by Crippen LogP contribution is 2.44. The number of fused-ring (bicyclic) bond motifs is 2. The van der Waals surface area contributed by atoms with Gasteiger partial charge in [0.1, 0.15) is 5.82 Å². The highest BCUT2D eigenvalue weighted by molar-refractivity contribution is 6.31. The molecule has 3 aromatic heterocycles. The van der Waals surface area contributed by atoms with E-state index in [1.807, 2.05) is 18.2 Å². The third kappa shape index (κ3) is 4.69. The number of halogens is 5. The second kappa shape index (κ2) is 9.90. The van der Waals surface area contributed by atoms with Gasteiger partial charge in [0.25, 0.3) is 0 Å². The zero-order valence-electron chi connectivity index (χ0n) is 22.0. The molecule has 218 valence electrons. The van der Waals surface area contributed by atoms with Crippen LogP contribution in [0.3, 0.4) is 0 Å². The minimum absolute atomic E-state index is 0.0120. The molecule has 0 bridgehead atoms. The van der Waals surface area contributed by atoms with Gasteiger partial charge in [-0.25, -0.2) is 14.1 Å². The zero-order chi connectivity index (χ0) is 30.0. The van der Waals surface area contributed by atoms with Crippen LogP contribution in [0.1, 0.15) is 42.4 Å².